The molecule has 1 aromatic carbocycles. The van der Waals surface area contributed by atoms with Crippen molar-refractivity contribution in [1.82, 2.24) is 10.6 Å². The number of alkyl halides is 3. The number of thiophene rings is 1. The second-order valence-corrected chi connectivity index (χ2v) is 6.81. The minimum atomic E-state index is -4.34. The Kier molecular flexibility index (Phi) is 9.03. The SMILES string of the molecule is CCNC(=NCc1ccc(C(F)(F)F)cc1)NCC(C)(O)c1ccsc1.I. The molecular formula is C18H23F3IN3OS. The standard InChI is InChI=1S/C18H22F3N3OS.HI/c1-3-22-16(24-12-17(2,25)15-8-9-26-11-15)23-10-13-4-6-14(7-5-13)18(19,20)21;/h4-9,11,25H,3,10,12H2,1-2H3,(H2,22,23,24);1H. The van der Waals surface area contributed by atoms with Crippen LogP contribution < -0.4 is 10.6 Å². The Morgan fingerprint density at radius 3 is 2.30 bits per heavy atom. The van der Waals surface area contributed by atoms with E-state index in [1.54, 1.807) is 6.92 Å². The van der Waals surface area contributed by atoms with Crippen molar-refractivity contribution in [3.8, 4) is 0 Å². The van der Waals surface area contributed by atoms with E-state index in [0.29, 0.717) is 18.1 Å². The summed E-state index contributed by atoms with van der Waals surface area (Å²) in [4.78, 5) is 4.36. The van der Waals surface area contributed by atoms with Gasteiger partial charge in [-0.1, -0.05) is 12.1 Å². The Morgan fingerprint density at radius 2 is 1.78 bits per heavy atom. The molecule has 0 amide bonds. The fourth-order valence-electron chi connectivity index (χ4n) is 2.24. The summed E-state index contributed by atoms with van der Waals surface area (Å²) in [5, 5.41) is 20.4. The molecule has 0 saturated heterocycles. The molecule has 1 aromatic heterocycles. The first-order valence-electron chi connectivity index (χ1n) is 8.16. The number of guanidine groups is 1. The van der Waals surface area contributed by atoms with Crippen LogP contribution in [0.5, 0.6) is 0 Å². The third kappa shape index (κ3) is 7.30. The van der Waals surface area contributed by atoms with Gasteiger partial charge in [0.15, 0.2) is 5.96 Å². The van der Waals surface area contributed by atoms with E-state index in [-0.39, 0.29) is 37.1 Å². The van der Waals surface area contributed by atoms with Gasteiger partial charge in [-0.15, -0.1) is 24.0 Å². The first-order valence-corrected chi connectivity index (χ1v) is 9.10. The largest absolute Gasteiger partial charge is 0.416 e. The van der Waals surface area contributed by atoms with E-state index >= 15 is 0 Å². The molecule has 27 heavy (non-hydrogen) atoms. The van der Waals surface area contributed by atoms with Gasteiger partial charge in [-0.3, -0.25) is 0 Å². The maximum Gasteiger partial charge on any atom is 0.416 e. The lowest BCUT2D eigenvalue weighted by Gasteiger charge is -2.24. The fourth-order valence-corrected chi connectivity index (χ4v) is 3.02. The molecule has 0 radical (unpaired) electrons. The van der Waals surface area contributed by atoms with Crippen molar-refractivity contribution in [1.29, 1.82) is 0 Å². The molecule has 0 spiro atoms. The lowest BCUT2D eigenvalue weighted by atomic mass is 9.99. The summed E-state index contributed by atoms with van der Waals surface area (Å²) in [6.07, 6.45) is -4.34. The zero-order chi connectivity index (χ0) is 19.2. The highest BCUT2D eigenvalue weighted by Gasteiger charge is 2.29. The van der Waals surface area contributed by atoms with Crippen LogP contribution in [0.15, 0.2) is 46.1 Å². The second-order valence-electron chi connectivity index (χ2n) is 6.03. The van der Waals surface area contributed by atoms with Crippen molar-refractivity contribution >= 4 is 41.3 Å². The number of benzene rings is 1. The highest BCUT2D eigenvalue weighted by Crippen LogP contribution is 2.29. The van der Waals surface area contributed by atoms with Gasteiger partial charge in [0.1, 0.15) is 5.60 Å². The van der Waals surface area contributed by atoms with Crippen LogP contribution in [-0.2, 0) is 18.3 Å². The Labute approximate surface area is 177 Å². The quantitative estimate of drug-likeness (QED) is 0.306. The predicted molar refractivity (Wildman–Crippen MR) is 114 cm³/mol. The molecule has 0 aliphatic carbocycles. The number of nitrogens with zero attached hydrogens (tertiary/aromatic N) is 1. The molecule has 0 aliphatic heterocycles. The molecule has 9 heteroatoms. The average molecular weight is 513 g/mol. The Bertz CT molecular complexity index is 716. The van der Waals surface area contributed by atoms with Crippen molar-refractivity contribution in [2.45, 2.75) is 32.2 Å². The Hall–Kier alpha value is -1.33. The summed E-state index contributed by atoms with van der Waals surface area (Å²) in [5.74, 6) is 0.489. The van der Waals surface area contributed by atoms with Gasteiger partial charge in [0.2, 0.25) is 0 Å². The van der Waals surface area contributed by atoms with Crippen molar-refractivity contribution < 1.29 is 18.3 Å². The number of hydrogen-bond donors (Lipinski definition) is 3. The van der Waals surface area contributed by atoms with Crippen LogP contribution in [0, 0.1) is 0 Å². The molecule has 2 aromatic rings. The van der Waals surface area contributed by atoms with Gasteiger partial charge in [0, 0.05) is 6.54 Å². The van der Waals surface area contributed by atoms with E-state index in [9.17, 15) is 18.3 Å². The fraction of sp³-hybridized carbons (Fsp3) is 0.389. The molecular weight excluding hydrogens is 490 g/mol. The summed E-state index contributed by atoms with van der Waals surface area (Å²) in [7, 11) is 0. The van der Waals surface area contributed by atoms with Crippen LogP contribution in [0.3, 0.4) is 0 Å². The molecule has 1 heterocycles. The number of aliphatic imine (C=N–C) groups is 1. The van der Waals surface area contributed by atoms with Crippen LogP contribution in [0.4, 0.5) is 13.2 Å². The molecule has 0 saturated carbocycles. The molecule has 3 N–H and O–H groups in total. The molecule has 4 nitrogen and oxygen atoms in total. The summed E-state index contributed by atoms with van der Waals surface area (Å²) in [6.45, 7) is 4.73. The van der Waals surface area contributed by atoms with Gasteiger partial charge in [-0.05, 0) is 53.9 Å². The van der Waals surface area contributed by atoms with Crippen molar-refractivity contribution in [2.24, 2.45) is 4.99 Å². The van der Waals surface area contributed by atoms with Crippen LogP contribution >= 0.6 is 35.3 Å². The minimum Gasteiger partial charge on any atom is -0.384 e. The number of aliphatic hydroxyl groups is 1. The second kappa shape index (κ2) is 10.3. The normalized spacial score (nSPS) is 14.2. The molecule has 0 bridgehead atoms. The Balaban J connectivity index is 0.00000364. The maximum absolute atomic E-state index is 12.6. The summed E-state index contributed by atoms with van der Waals surface area (Å²) in [6, 6.07) is 6.78. The van der Waals surface area contributed by atoms with Crippen LogP contribution in [0.2, 0.25) is 0 Å². The molecule has 0 aliphatic rings. The maximum atomic E-state index is 12.6. The summed E-state index contributed by atoms with van der Waals surface area (Å²) in [5.41, 5.74) is -0.250. The van der Waals surface area contributed by atoms with E-state index in [1.165, 1.54) is 23.5 Å². The topological polar surface area (TPSA) is 56.7 Å². The zero-order valence-corrected chi connectivity index (χ0v) is 18.2. The first-order chi connectivity index (χ1) is 12.2. The van der Waals surface area contributed by atoms with Gasteiger partial charge in [0.25, 0.3) is 0 Å². The third-order valence-electron chi connectivity index (χ3n) is 3.79. The van der Waals surface area contributed by atoms with E-state index in [0.717, 1.165) is 17.7 Å². The monoisotopic (exact) mass is 513 g/mol. The molecule has 150 valence electrons. The lowest BCUT2D eigenvalue weighted by Crippen LogP contribution is -2.44. The van der Waals surface area contributed by atoms with Crippen LogP contribution in [0.25, 0.3) is 0 Å². The van der Waals surface area contributed by atoms with Crippen molar-refractivity contribution in [3.63, 3.8) is 0 Å². The van der Waals surface area contributed by atoms with Gasteiger partial charge < -0.3 is 15.7 Å². The summed E-state index contributed by atoms with van der Waals surface area (Å²) >= 11 is 1.51. The van der Waals surface area contributed by atoms with Gasteiger partial charge in [-0.2, -0.15) is 24.5 Å². The van der Waals surface area contributed by atoms with E-state index in [1.807, 2.05) is 23.8 Å². The van der Waals surface area contributed by atoms with Gasteiger partial charge >= 0.3 is 6.18 Å². The van der Waals surface area contributed by atoms with Gasteiger partial charge in [0.05, 0.1) is 18.7 Å². The minimum absolute atomic E-state index is 0. The molecule has 0 fully saturated rings. The Morgan fingerprint density at radius 1 is 1.11 bits per heavy atom. The average Bonchev–Trinajstić information content (AvgIpc) is 3.12. The van der Waals surface area contributed by atoms with Crippen molar-refractivity contribution in [2.75, 3.05) is 13.1 Å². The van der Waals surface area contributed by atoms with Crippen LogP contribution in [0.1, 0.15) is 30.5 Å². The molecule has 2 rings (SSSR count). The molecule has 1 unspecified atom stereocenters. The van der Waals surface area contributed by atoms with Gasteiger partial charge in [-0.25, -0.2) is 4.99 Å². The first kappa shape index (κ1) is 23.7. The zero-order valence-electron chi connectivity index (χ0n) is 15.0. The third-order valence-corrected chi connectivity index (χ3v) is 4.47. The smallest absolute Gasteiger partial charge is 0.384 e. The number of rotatable bonds is 6. The highest BCUT2D eigenvalue weighted by atomic mass is 127. The van der Waals surface area contributed by atoms with E-state index in [4.69, 9.17) is 0 Å². The van der Waals surface area contributed by atoms with E-state index < -0.39 is 17.3 Å². The summed E-state index contributed by atoms with van der Waals surface area (Å²) < 4.78 is 37.8. The van der Waals surface area contributed by atoms with E-state index in [2.05, 4.69) is 15.6 Å². The molecule has 1 atom stereocenters. The highest BCUT2D eigenvalue weighted by molar-refractivity contribution is 14.0. The van der Waals surface area contributed by atoms with Crippen molar-refractivity contribution in [3.05, 3.63) is 57.8 Å². The predicted octanol–water partition coefficient (Wildman–Crippen LogP) is 4.35. The number of hydrogen-bond acceptors (Lipinski definition) is 3. The number of halogens is 4. The number of nitrogens with one attached hydrogen (secondary N) is 2. The lowest BCUT2D eigenvalue weighted by molar-refractivity contribution is -0.137. The van der Waals surface area contributed by atoms with Crippen LogP contribution in [-0.4, -0.2) is 24.2 Å².